The topological polar surface area (TPSA) is 98.0 Å². The molecule has 0 aliphatic carbocycles. The summed E-state index contributed by atoms with van der Waals surface area (Å²) in [6.07, 6.45) is -3.20. The van der Waals surface area contributed by atoms with Crippen LogP contribution in [0, 0.1) is 18.6 Å². The second-order valence-electron chi connectivity index (χ2n) is 8.05. The summed E-state index contributed by atoms with van der Waals surface area (Å²) in [5.41, 5.74) is 1.26. The van der Waals surface area contributed by atoms with Gasteiger partial charge in [-0.3, -0.25) is 0 Å². The summed E-state index contributed by atoms with van der Waals surface area (Å²) >= 11 is 1.13. The van der Waals surface area contributed by atoms with Crippen LogP contribution in [0.1, 0.15) is 31.4 Å². The molecule has 7 nitrogen and oxygen atoms in total. The number of benzene rings is 1. The molecule has 0 saturated carbocycles. The Morgan fingerprint density at radius 1 is 1.14 bits per heavy atom. The van der Waals surface area contributed by atoms with Gasteiger partial charge in [0.05, 0.1) is 17.4 Å². The first-order valence-electron chi connectivity index (χ1n) is 11.1. The number of alkyl halides is 3. The zero-order valence-corrected chi connectivity index (χ0v) is 21.2. The van der Waals surface area contributed by atoms with Crippen LogP contribution >= 0.6 is 11.8 Å². The number of nitrogens with two attached hydrogens (primary N) is 1. The Balaban J connectivity index is 2.45. The number of fused-ring (bicyclic) bond motifs is 1. The average Bonchev–Trinajstić information content (AvgIpc) is 2.82. The molecule has 36 heavy (non-hydrogen) atoms. The molecule has 13 heteroatoms. The number of likely N-dealkylation sites (N-methyl/N-ethyl adjacent to an activating group) is 1. The Morgan fingerprint density at radius 3 is 2.42 bits per heavy atom. The number of thioether (sulfide) groups is 1. The highest BCUT2D eigenvalue weighted by Crippen LogP contribution is 2.44. The zero-order chi connectivity index (χ0) is 26.8. The summed E-state index contributed by atoms with van der Waals surface area (Å²) < 4.78 is 78.4. The predicted octanol–water partition coefficient (Wildman–Crippen LogP) is 5.41. The van der Waals surface area contributed by atoms with E-state index in [-0.39, 0.29) is 27.8 Å². The highest BCUT2D eigenvalue weighted by Gasteiger charge is 2.39. The minimum absolute atomic E-state index is 0.0887. The molecule has 2 heterocycles. The fourth-order valence-electron chi connectivity index (χ4n) is 3.55. The third-order valence-electron chi connectivity index (χ3n) is 5.53. The quantitative estimate of drug-likeness (QED) is 0.111. The van der Waals surface area contributed by atoms with Crippen LogP contribution in [-0.2, 0) is 6.18 Å². The molecule has 1 unspecified atom stereocenters. The largest absolute Gasteiger partial charge is 0.474 e. The maximum absolute atomic E-state index is 16.0. The fourth-order valence-corrected chi connectivity index (χ4v) is 3.92. The first kappa shape index (κ1) is 27.7. The van der Waals surface area contributed by atoms with Gasteiger partial charge in [-0.15, -0.1) is 0 Å². The van der Waals surface area contributed by atoms with E-state index >= 15 is 4.39 Å². The summed E-state index contributed by atoms with van der Waals surface area (Å²) in [6.45, 7) is 5.49. The van der Waals surface area contributed by atoms with Crippen LogP contribution in [0.25, 0.3) is 22.2 Å². The van der Waals surface area contributed by atoms with Gasteiger partial charge < -0.3 is 21.1 Å². The number of rotatable bonds is 9. The normalized spacial score (nSPS) is 12.7. The van der Waals surface area contributed by atoms with Crippen molar-refractivity contribution in [3.05, 3.63) is 28.8 Å². The lowest BCUT2D eigenvalue weighted by Gasteiger charge is -2.21. The van der Waals surface area contributed by atoms with Crippen LogP contribution in [0.3, 0.4) is 0 Å². The smallest absolute Gasteiger partial charge is 0.417 e. The van der Waals surface area contributed by atoms with Crippen molar-refractivity contribution >= 4 is 34.2 Å². The number of nitrogens with zero attached hydrogens (tertiary/aromatic N) is 3. The van der Waals surface area contributed by atoms with Gasteiger partial charge in [0.15, 0.2) is 11.0 Å². The predicted molar refractivity (Wildman–Crippen MR) is 131 cm³/mol. The molecule has 3 aromatic rings. The Kier molecular flexibility index (Phi) is 8.44. The molecule has 2 aromatic heterocycles. The SMILES string of the molecule is CCC(C)Oc1nc(-c2cc(N)c(F)c(C)c2C(F)(F)F)c(F)c2nc(SC)nc(NCCNC)c12. The Morgan fingerprint density at radius 2 is 1.83 bits per heavy atom. The van der Waals surface area contributed by atoms with Crippen LogP contribution < -0.4 is 21.1 Å². The molecular formula is C23H27F5N6OS. The Hall–Kier alpha value is -2.93. The van der Waals surface area contributed by atoms with E-state index < -0.39 is 52.0 Å². The number of ether oxygens (including phenoxy) is 1. The number of hydrogen-bond acceptors (Lipinski definition) is 8. The van der Waals surface area contributed by atoms with E-state index in [1.807, 2.05) is 6.92 Å². The van der Waals surface area contributed by atoms with Crippen LogP contribution in [0.5, 0.6) is 5.88 Å². The summed E-state index contributed by atoms with van der Waals surface area (Å²) in [4.78, 5) is 12.8. The van der Waals surface area contributed by atoms with Crippen molar-refractivity contribution in [2.75, 3.05) is 37.4 Å². The van der Waals surface area contributed by atoms with E-state index in [1.165, 1.54) is 0 Å². The van der Waals surface area contributed by atoms with E-state index in [0.29, 0.717) is 19.5 Å². The molecule has 0 aliphatic heterocycles. The van der Waals surface area contributed by atoms with Crippen LogP contribution in [0.15, 0.2) is 11.2 Å². The van der Waals surface area contributed by atoms with Crippen LogP contribution in [-0.4, -0.2) is 47.4 Å². The van der Waals surface area contributed by atoms with Gasteiger partial charge in [-0.2, -0.15) is 13.2 Å². The Labute approximate surface area is 209 Å². The molecule has 0 saturated heterocycles. The van der Waals surface area contributed by atoms with Crippen molar-refractivity contribution in [2.45, 2.75) is 44.6 Å². The third-order valence-corrected chi connectivity index (χ3v) is 6.08. The van der Waals surface area contributed by atoms with E-state index in [2.05, 4.69) is 25.6 Å². The molecule has 3 rings (SSSR count). The van der Waals surface area contributed by atoms with Crippen LogP contribution in [0.2, 0.25) is 0 Å². The third kappa shape index (κ3) is 5.41. The summed E-state index contributed by atoms with van der Waals surface area (Å²) in [5.74, 6) is -2.29. The van der Waals surface area contributed by atoms with E-state index in [0.717, 1.165) is 24.8 Å². The maximum atomic E-state index is 16.0. The second-order valence-corrected chi connectivity index (χ2v) is 8.83. The lowest BCUT2D eigenvalue weighted by atomic mass is 9.96. The van der Waals surface area contributed by atoms with E-state index in [4.69, 9.17) is 10.5 Å². The zero-order valence-electron chi connectivity index (χ0n) is 20.4. The van der Waals surface area contributed by atoms with Crippen molar-refractivity contribution in [2.24, 2.45) is 0 Å². The monoisotopic (exact) mass is 530 g/mol. The van der Waals surface area contributed by atoms with Crippen LogP contribution in [0.4, 0.5) is 33.5 Å². The molecule has 1 aromatic carbocycles. The molecule has 0 amide bonds. The second kappa shape index (κ2) is 11.0. The van der Waals surface area contributed by atoms with E-state index in [9.17, 15) is 17.6 Å². The Bertz CT molecular complexity index is 1270. The molecular weight excluding hydrogens is 503 g/mol. The number of nitrogen functional groups attached to an aromatic ring is 1. The number of anilines is 2. The number of halogens is 5. The summed E-state index contributed by atoms with van der Waals surface area (Å²) in [5, 5.41) is 6.32. The van der Waals surface area contributed by atoms with Gasteiger partial charge in [-0.25, -0.2) is 23.7 Å². The number of pyridine rings is 1. The van der Waals surface area contributed by atoms with Crippen molar-refractivity contribution in [3.63, 3.8) is 0 Å². The molecule has 4 N–H and O–H groups in total. The van der Waals surface area contributed by atoms with Gasteiger partial charge in [-0.05, 0) is 45.2 Å². The van der Waals surface area contributed by atoms with Gasteiger partial charge in [0.25, 0.3) is 0 Å². The standard InChI is InChI=1S/C23H27F5N6OS/c1-6-10(2)35-21-14-19(33-22(36-5)34-20(14)31-8-7-30-4)17(25)18(32-21)12-9-13(29)16(24)11(3)15(12)23(26,27)28/h9-10,30H,6-8,29H2,1-5H3,(H,31,33,34). The minimum Gasteiger partial charge on any atom is -0.474 e. The summed E-state index contributed by atoms with van der Waals surface area (Å²) in [7, 11) is 1.76. The fraction of sp³-hybridized carbons (Fsp3) is 0.435. The lowest BCUT2D eigenvalue weighted by Crippen LogP contribution is -2.19. The van der Waals surface area contributed by atoms with Crippen molar-refractivity contribution < 1.29 is 26.7 Å². The highest BCUT2D eigenvalue weighted by molar-refractivity contribution is 7.98. The lowest BCUT2D eigenvalue weighted by molar-refractivity contribution is -0.137. The molecule has 196 valence electrons. The molecule has 1 atom stereocenters. The van der Waals surface area contributed by atoms with E-state index in [1.54, 1.807) is 20.2 Å². The van der Waals surface area contributed by atoms with Gasteiger partial charge in [-0.1, -0.05) is 18.7 Å². The van der Waals surface area contributed by atoms with Gasteiger partial charge in [0, 0.05) is 18.7 Å². The number of nitrogens with one attached hydrogen (secondary N) is 2. The number of aromatic nitrogens is 3. The molecule has 0 aliphatic rings. The van der Waals surface area contributed by atoms with Crippen molar-refractivity contribution in [1.29, 1.82) is 0 Å². The first-order chi connectivity index (χ1) is 16.9. The number of hydrogen-bond donors (Lipinski definition) is 3. The molecule has 0 spiro atoms. The minimum atomic E-state index is -5.01. The first-order valence-corrected chi connectivity index (χ1v) is 12.3. The van der Waals surface area contributed by atoms with Crippen molar-refractivity contribution in [1.82, 2.24) is 20.3 Å². The van der Waals surface area contributed by atoms with Gasteiger partial charge >= 0.3 is 6.18 Å². The molecule has 0 radical (unpaired) electrons. The highest BCUT2D eigenvalue weighted by atomic mass is 32.2. The van der Waals surface area contributed by atoms with Gasteiger partial charge in [0.1, 0.15) is 28.2 Å². The van der Waals surface area contributed by atoms with Crippen molar-refractivity contribution in [3.8, 4) is 17.1 Å². The van der Waals surface area contributed by atoms with Gasteiger partial charge in [0.2, 0.25) is 5.88 Å². The average molecular weight is 531 g/mol. The maximum Gasteiger partial charge on any atom is 0.417 e. The molecule has 0 bridgehead atoms. The molecule has 0 fully saturated rings. The summed E-state index contributed by atoms with van der Waals surface area (Å²) in [6, 6.07) is 0.734.